The van der Waals surface area contributed by atoms with Crippen molar-refractivity contribution >= 4 is 25.6 Å². The number of aliphatic carboxylic acids is 1. The lowest BCUT2D eigenvalue weighted by atomic mass is 10.4. The van der Waals surface area contributed by atoms with E-state index in [2.05, 4.69) is 0 Å². The van der Waals surface area contributed by atoms with Gasteiger partial charge in [0.05, 0.1) is 0 Å². The summed E-state index contributed by atoms with van der Waals surface area (Å²) in [6.45, 7) is 0. The van der Waals surface area contributed by atoms with E-state index in [-0.39, 0.29) is 5.75 Å². The molecule has 0 aromatic rings. The van der Waals surface area contributed by atoms with E-state index in [9.17, 15) is 13.2 Å². The van der Waals surface area contributed by atoms with E-state index < -0.39 is 20.9 Å². The Morgan fingerprint density at radius 1 is 1.73 bits per heavy atom. The molecule has 0 aliphatic heterocycles. The first-order valence-corrected chi connectivity index (χ1v) is 6.05. The van der Waals surface area contributed by atoms with Gasteiger partial charge >= 0.3 is 5.97 Å². The van der Waals surface area contributed by atoms with Crippen molar-refractivity contribution in [2.24, 2.45) is 5.73 Å². The van der Waals surface area contributed by atoms with Crippen molar-refractivity contribution in [2.45, 2.75) is 6.04 Å². The molecule has 1 atom stereocenters. The van der Waals surface area contributed by atoms with E-state index >= 15 is 0 Å². The van der Waals surface area contributed by atoms with Crippen LogP contribution in [0.15, 0.2) is 0 Å². The highest BCUT2D eigenvalue weighted by Crippen LogP contribution is 2.09. The molecule has 0 spiro atoms. The van der Waals surface area contributed by atoms with Crippen LogP contribution in [0.1, 0.15) is 0 Å². The van der Waals surface area contributed by atoms with Crippen molar-refractivity contribution in [3.8, 4) is 0 Å². The summed E-state index contributed by atoms with van der Waals surface area (Å²) in [6, 6.07) is -1.12. The summed E-state index contributed by atoms with van der Waals surface area (Å²) in [6.07, 6.45) is 1.01. The van der Waals surface area contributed by atoms with Crippen LogP contribution in [0, 0.1) is 0 Å². The number of hydrogen-bond acceptors (Lipinski definition) is 5. The van der Waals surface area contributed by atoms with E-state index in [1.165, 1.54) is 0 Å². The molecule has 0 aromatic heterocycles. The summed E-state index contributed by atoms with van der Waals surface area (Å²) in [5, 5.41) is 8.25. The Kier molecular flexibility index (Phi) is 3.84. The highest BCUT2D eigenvalue weighted by atomic mass is 33.1. The Balaban J connectivity index is 3.82. The summed E-state index contributed by atoms with van der Waals surface area (Å²) >= 11 is 0. The minimum absolute atomic E-state index is 0.117. The quantitative estimate of drug-likeness (QED) is 0.569. The van der Waals surface area contributed by atoms with Crippen molar-refractivity contribution in [1.29, 1.82) is 0 Å². The van der Waals surface area contributed by atoms with Gasteiger partial charge in [-0.05, 0) is 10.8 Å². The molecule has 3 N–H and O–H groups in total. The van der Waals surface area contributed by atoms with Crippen molar-refractivity contribution in [1.82, 2.24) is 0 Å². The molecule has 0 amide bonds. The normalized spacial score (nSPS) is 14.4. The molecule has 0 fully saturated rings. The number of carbonyl (C=O) groups is 1. The lowest BCUT2D eigenvalue weighted by Crippen LogP contribution is -2.32. The van der Waals surface area contributed by atoms with Gasteiger partial charge in [0, 0.05) is 12.0 Å². The van der Waals surface area contributed by atoms with Crippen LogP contribution in [0.2, 0.25) is 0 Å². The summed E-state index contributed by atoms with van der Waals surface area (Å²) in [4.78, 5) is 10.1. The molecule has 0 unspecified atom stereocenters. The molecule has 0 heterocycles. The van der Waals surface area contributed by atoms with E-state index in [4.69, 9.17) is 10.8 Å². The second-order valence-corrected chi connectivity index (χ2v) is 6.43. The van der Waals surface area contributed by atoms with Crippen LogP contribution in [0.25, 0.3) is 0 Å². The number of rotatable bonds is 4. The maximum Gasteiger partial charge on any atom is 0.321 e. The molecule has 0 aromatic carbocycles. The van der Waals surface area contributed by atoms with Gasteiger partial charge in [-0.1, -0.05) is 0 Å². The molecule has 11 heavy (non-hydrogen) atoms. The third-order valence-corrected chi connectivity index (χ3v) is 3.39. The largest absolute Gasteiger partial charge is 0.480 e. The van der Waals surface area contributed by atoms with Gasteiger partial charge in [-0.3, -0.25) is 4.79 Å². The molecule has 66 valence electrons. The zero-order valence-electron chi connectivity index (χ0n) is 5.85. The molecule has 0 rings (SSSR count). The highest BCUT2D eigenvalue weighted by Gasteiger charge is 2.14. The number of nitrogens with two attached hydrogens (primary N) is 1. The lowest BCUT2D eigenvalue weighted by molar-refractivity contribution is -0.137. The molecule has 7 heteroatoms. The molecule has 0 saturated carbocycles. The molecule has 5 nitrogen and oxygen atoms in total. The third kappa shape index (κ3) is 6.14. The average Bonchev–Trinajstić information content (AvgIpc) is 1.80. The summed E-state index contributed by atoms with van der Waals surface area (Å²) in [7, 11) is -2.64. The topological polar surface area (TPSA) is 97.5 Å². The lowest BCUT2D eigenvalue weighted by Gasteiger charge is -2.02. The minimum Gasteiger partial charge on any atom is -0.480 e. The Hall–Kier alpha value is -0.270. The van der Waals surface area contributed by atoms with E-state index in [0.717, 1.165) is 6.26 Å². The van der Waals surface area contributed by atoms with Crippen LogP contribution in [-0.2, 0) is 13.7 Å². The first-order valence-electron chi connectivity index (χ1n) is 2.65. The fourth-order valence-electron chi connectivity index (χ4n) is 0.268. The van der Waals surface area contributed by atoms with Crippen molar-refractivity contribution in [3.63, 3.8) is 0 Å². The van der Waals surface area contributed by atoms with Gasteiger partial charge in [-0.15, -0.1) is 0 Å². The van der Waals surface area contributed by atoms with Gasteiger partial charge in [-0.25, -0.2) is 8.42 Å². The molecule has 0 radical (unpaired) electrons. The first-order chi connectivity index (χ1) is 4.83. The second kappa shape index (κ2) is 3.93. The van der Waals surface area contributed by atoms with Crippen molar-refractivity contribution < 1.29 is 18.3 Å². The standard InChI is InChI=1S/C4H9NO4S2/c1-11(8,9)10-2-3(5)4(6)7/h3H,2,5H2,1H3,(H,6,7)/t3-/m1/s1. The smallest absolute Gasteiger partial charge is 0.321 e. The Labute approximate surface area is 68.3 Å². The van der Waals surface area contributed by atoms with Crippen LogP contribution in [0.5, 0.6) is 0 Å². The maximum atomic E-state index is 10.5. The number of carboxylic acid groups (broad SMARTS) is 1. The van der Waals surface area contributed by atoms with Gasteiger partial charge in [0.25, 0.3) is 0 Å². The average molecular weight is 199 g/mol. The highest BCUT2D eigenvalue weighted by molar-refractivity contribution is 8.71. The molecule has 0 bridgehead atoms. The molecular formula is C4H9NO4S2. The summed E-state index contributed by atoms with van der Waals surface area (Å²) < 4.78 is 20.9. The van der Waals surface area contributed by atoms with Gasteiger partial charge in [-0.2, -0.15) is 0 Å². The van der Waals surface area contributed by atoms with Gasteiger partial charge in [0.15, 0.2) is 8.87 Å². The summed E-state index contributed by atoms with van der Waals surface area (Å²) in [5.74, 6) is -1.31. The Morgan fingerprint density at radius 3 is 2.45 bits per heavy atom. The predicted molar refractivity (Wildman–Crippen MR) is 42.9 cm³/mol. The van der Waals surface area contributed by atoms with E-state index in [0.29, 0.717) is 10.8 Å². The number of hydrogen-bond donors (Lipinski definition) is 2. The van der Waals surface area contributed by atoms with Crippen molar-refractivity contribution in [3.05, 3.63) is 0 Å². The predicted octanol–water partition coefficient (Wildman–Crippen LogP) is -0.909. The molecular weight excluding hydrogens is 190 g/mol. The Bertz CT molecular complexity index is 234. The van der Waals surface area contributed by atoms with Crippen LogP contribution in [0.3, 0.4) is 0 Å². The van der Waals surface area contributed by atoms with Gasteiger partial charge < -0.3 is 10.8 Å². The molecule has 0 aliphatic carbocycles. The molecule has 0 saturated heterocycles. The Morgan fingerprint density at radius 2 is 2.18 bits per heavy atom. The molecule has 0 aliphatic rings. The summed E-state index contributed by atoms with van der Waals surface area (Å²) in [5.41, 5.74) is 5.04. The number of carboxylic acids is 1. The zero-order chi connectivity index (χ0) is 9.07. The van der Waals surface area contributed by atoms with E-state index in [1.54, 1.807) is 0 Å². The van der Waals surface area contributed by atoms with Crippen LogP contribution >= 0.6 is 10.8 Å². The third-order valence-electron chi connectivity index (χ3n) is 0.779. The van der Waals surface area contributed by atoms with E-state index in [1.807, 2.05) is 0 Å². The van der Waals surface area contributed by atoms with Crippen LogP contribution in [-0.4, -0.2) is 37.5 Å². The first kappa shape index (κ1) is 10.7. The minimum atomic E-state index is -3.18. The SMILES string of the molecule is CS(=O)(=O)SC[C@@H](N)C(=O)O. The fraction of sp³-hybridized carbons (Fsp3) is 0.750. The fourth-order valence-corrected chi connectivity index (χ4v) is 1.99. The van der Waals surface area contributed by atoms with Crippen LogP contribution < -0.4 is 5.73 Å². The van der Waals surface area contributed by atoms with Gasteiger partial charge in [0.2, 0.25) is 0 Å². The van der Waals surface area contributed by atoms with Crippen molar-refractivity contribution in [2.75, 3.05) is 12.0 Å². The van der Waals surface area contributed by atoms with Crippen LogP contribution in [0.4, 0.5) is 0 Å². The maximum absolute atomic E-state index is 10.5. The van der Waals surface area contributed by atoms with Gasteiger partial charge in [0.1, 0.15) is 6.04 Å². The second-order valence-electron chi connectivity index (χ2n) is 1.93. The monoisotopic (exact) mass is 199 g/mol. The zero-order valence-corrected chi connectivity index (χ0v) is 7.48.